The summed E-state index contributed by atoms with van der Waals surface area (Å²) in [7, 11) is 0. The molecular weight excluding hydrogens is 448 g/mol. The molecule has 9 heteroatoms. The molecule has 0 unspecified atom stereocenters. The molecule has 1 spiro atoms. The van der Waals surface area contributed by atoms with Gasteiger partial charge in [0.05, 0.1) is 40.7 Å². The van der Waals surface area contributed by atoms with Crippen LogP contribution in [0.2, 0.25) is 0 Å². The Morgan fingerprint density at radius 1 is 1.17 bits per heavy atom. The molecule has 184 valence electrons. The lowest BCUT2D eigenvalue weighted by Gasteiger charge is -2.57. The number of hydrogen-bond donors (Lipinski definition) is 3. The number of fused-ring (bicyclic) bond motifs is 1. The van der Waals surface area contributed by atoms with Crippen molar-refractivity contribution in [2.75, 3.05) is 6.61 Å². The van der Waals surface area contributed by atoms with E-state index in [1.54, 1.807) is 61.1 Å². The fraction of sp³-hybridized carbons (Fsp3) is 0.423. The first kappa shape index (κ1) is 23.2. The molecule has 2 aliphatic carbocycles. The summed E-state index contributed by atoms with van der Waals surface area (Å²) in [4.78, 5) is 24.5. The van der Waals surface area contributed by atoms with E-state index in [2.05, 4.69) is 10.4 Å². The second kappa shape index (κ2) is 8.57. The van der Waals surface area contributed by atoms with E-state index in [1.165, 1.54) is 0 Å². The van der Waals surface area contributed by atoms with Gasteiger partial charge in [-0.1, -0.05) is 12.1 Å². The topological polar surface area (TPSA) is 128 Å². The normalized spacial score (nSPS) is 23.4. The SMILES string of the molecule is CC(C)(O)COc1ccc2c(C(=O)NC3CC4(C3)CC(Oc3ccccc3C(N)=O)C4)cnn2c1. The molecule has 0 radical (unpaired) electrons. The van der Waals surface area contributed by atoms with Crippen LogP contribution < -0.4 is 20.5 Å². The van der Waals surface area contributed by atoms with Crippen molar-refractivity contribution in [1.82, 2.24) is 14.9 Å². The van der Waals surface area contributed by atoms with Gasteiger partial charge in [-0.3, -0.25) is 9.59 Å². The van der Waals surface area contributed by atoms with E-state index in [4.69, 9.17) is 15.2 Å². The molecule has 9 nitrogen and oxygen atoms in total. The second-order valence-electron chi connectivity index (χ2n) is 10.4. The fourth-order valence-corrected chi connectivity index (χ4v) is 5.11. The van der Waals surface area contributed by atoms with Gasteiger partial charge >= 0.3 is 0 Å². The maximum absolute atomic E-state index is 12.9. The van der Waals surface area contributed by atoms with Gasteiger partial charge in [-0.25, -0.2) is 4.52 Å². The Kier molecular flexibility index (Phi) is 5.67. The molecule has 1 aromatic carbocycles. The molecule has 2 fully saturated rings. The zero-order valence-electron chi connectivity index (χ0n) is 19.9. The Morgan fingerprint density at radius 2 is 1.91 bits per heavy atom. The molecule has 2 amide bonds. The molecule has 2 saturated carbocycles. The minimum Gasteiger partial charge on any atom is -0.490 e. The number of nitrogens with two attached hydrogens (primary N) is 1. The minimum absolute atomic E-state index is 0.0552. The molecule has 3 aromatic rings. The summed E-state index contributed by atoms with van der Waals surface area (Å²) in [6, 6.07) is 10.7. The zero-order valence-corrected chi connectivity index (χ0v) is 19.9. The number of hydrogen-bond acceptors (Lipinski definition) is 6. The number of rotatable bonds is 8. The predicted octanol–water partition coefficient (Wildman–Crippen LogP) is 2.70. The van der Waals surface area contributed by atoms with Crippen molar-refractivity contribution in [2.45, 2.75) is 57.3 Å². The van der Waals surface area contributed by atoms with Gasteiger partial charge in [0.15, 0.2) is 0 Å². The number of aromatic nitrogens is 2. The lowest BCUT2D eigenvalue weighted by Crippen LogP contribution is -2.58. The van der Waals surface area contributed by atoms with Gasteiger partial charge in [-0.15, -0.1) is 0 Å². The minimum atomic E-state index is -0.940. The highest BCUT2D eigenvalue weighted by Crippen LogP contribution is 2.57. The predicted molar refractivity (Wildman–Crippen MR) is 129 cm³/mol. The number of aliphatic hydroxyl groups is 1. The number of pyridine rings is 1. The average molecular weight is 479 g/mol. The summed E-state index contributed by atoms with van der Waals surface area (Å²) in [5.41, 5.74) is 6.29. The largest absolute Gasteiger partial charge is 0.490 e. The lowest BCUT2D eigenvalue weighted by molar-refractivity contribution is -0.0834. The van der Waals surface area contributed by atoms with E-state index in [-0.39, 0.29) is 30.1 Å². The number of primary amides is 1. The van der Waals surface area contributed by atoms with Crippen molar-refractivity contribution in [3.8, 4) is 11.5 Å². The van der Waals surface area contributed by atoms with Gasteiger partial charge < -0.3 is 25.6 Å². The first-order valence-electron chi connectivity index (χ1n) is 11.8. The Labute approximate surface area is 203 Å². The van der Waals surface area contributed by atoms with Crippen LogP contribution >= 0.6 is 0 Å². The van der Waals surface area contributed by atoms with Crippen LogP contribution in [0.25, 0.3) is 5.52 Å². The fourth-order valence-electron chi connectivity index (χ4n) is 5.11. The molecular formula is C26H30N4O5. The van der Waals surface area contributed by atoms with Crippen molar-refractivity contribution in [2.24, 2.45) is 11.1 Å². The third-order valence-corrected chi connectivity index (χ3v) is 6.79. The van der Waals surface area contributed by atoms with E-state index in [9.17, 15) is 14.7 Å². The van der Waals surface area contributed by atoms with Crippen molar-refractivity contribution >= 4 is 17.3 Å². The molecule has 35 heavy (non-hydrogen) atoms. The van der Waals surface area contributed by atoms with Gasteiger partial charge in [-0.2, -0.15) is 5.10 Å². The Balaban J connectivity index is 1.13. The molecule has 4 N–H and O–H groups in total. The second-order valence-corrected chi connectivity index (χ2v) is 10.4. The van der Waals surface area contributed by atoms with Crippen LogP contribution in [0.5, 0.6) is 11.5 Å². The molecule has 0 atom stereocenters. The summed E-state index contributed by atoms with van der Waals surface area (Å²) in [5, 5.41) is 17.2. The van der Waals surface area contributed by atoms with Gasteiger partial charge in [0.2, 0.25) is 0 Å². The van der Waals surface area contributed by atoms with Crippen LogP contribution in [0.3, 0.4) is 0 Å². The van der Waals surface area contributed by atoms with Crippen LogP contribution in [0, 0.1) is 5.41 Å². The summed E-state index contributed by atoms with van der Waals surface area (Å²) in [5.74, 6) is 0.459. The number of para-hydroxylation sites is 1. The van der Waals surface area contributed by atoms with Crippen molar-refractivity contribution < 1.29 is 24.2 Å². The standard InChI is InChI=1S/C26H30N4O5/c1-25(2,33)15-34-17-7-8-21-20(13-28-30(21)14-17)24(32)29-16-9-26(10-16)11-18(12-26)35-22-6-4-3-5-19(22)23(27)31/h3-8,13-14,16,18,33H,9-12,15H2,1-2H3,(H2,27,31)(H,29,32). The van der Waals surface area contributed by atoms with Gasteiger partial charge in [0, 0.05) is 6.04 Å². The third kappa shape index (κ3) is 4.81. The van der Waals surface area contributed by atoms with Gasteiger partial charge in [-0.05, 0) is 69.2 Å². The molecule has 0 saturated heterocycles. The number of ether oxygens (including phenoxy) is 2. The number of amides is 2. The number of nitrogens with zero attached hydrogens (tertiary/aromatic N) is 2. The Bertz CT molecular complexity index is 1260. The molecule has 0 aliphatic heterocycles. The Hall–Kier alpha value is -3.59. The highest BCUT2D eigenvalue weighted by atomic mass is 16.5. The van der Waals surface area contributed by atoms with E-state index in [1.807, 2.05) is 6.07 Å². The highest BCUT2D eigenvalue weighted by Gasteiger charge is 2.54. The summed E-state index contributed by atoms with van der Waals surface area (Å²) in [6.45, 7) is 3.50. The van der Waals surface area contributed by atoms with E-state index < -0.39 is 11.5 Å². The molecule has 2 aliphatic rings. The summed E-state index contributed by atoms with van der Waals surface area (Å²) < 4.78 is 13.2. The van der Waals surface area contributed by atoms with Crippen molar-refractivity contribution in [1.29, 1.82) is 0 Å². The average Bonchev–Trinajstić information content (AvgIpc) is 3.17. The van der Waals surface area contributed by atoms with Crippen LogP contribution in [0.1, 0.15) is 60.2 Å². The third-order valence-electron chi connectivity index (χ3n) is 6.79. The van der Waals surface area contributed by atoms with Crippen molar-refractivity contribution in [3.63, 3.8) is 0 Å². The molecule has 5 rings (SSSR count). The quantitative estimate of drug-likeness (QED) is 0.457. The highest BCUT2D eigenvalue weighted by molar-refractivity contribution is 6.00. The van der Waals surface area contributed by atoms with E-state index in [0.717, 1.165) is 25.7 Å². The van der Waals surface area contributed by atoms with E-state index in [0.29, 0.717) is 28.1 Å². The summed E-state index contributed by atoms with van der Waals surface area (Å²) in [6.07, 6.45) is 6.92. The van der Waals surface area contributed by atoms with E-state index >= 15 is 0 Å². The molecule has 2 heterocycles. The van der Waals surface area contributed by atoms with Gasteiger partial charge in [0.25, 0.3) is 11.8 Å². The molecule has 2 aromatic heterocycles. The first-order chi connectivity index (χ1) is 16.6. The number of carbonyl (C=O) groups excluding carboxylic acids is 2. The number of carbonyl (C=O) groups is 2. The maximum Gasteiger partial charge on any atom is 0.255 e. The smallest absolute Gasteiger partial charge is 0.255 e. The lowest BCUT2D eigenvalue weighted by atomic mass is 9.53. The maximum atomic E-state index is 12.9. The number of nitrogens with one attached hydrogen (secondary N) is 1. The number of benzene rings is 1. The molecule has 0 bridgehead atoms. The Morgan fingerprint density at radius 3 is 2.63 bits per heavy atom. The van der Waals surface area contributed by atoms with Crippen LogP contribution in [0.4, 0.5) is 0 Å². The van der Waals surface area contributed by atoms with Gasteiger partial charge in [0.1, 0.15) is 18.1 Å². The van der Waals surface area contributed by atoms with Crippen LogP contribution in [-0.4, -0.2) is 50.9 Å². The monoisotopic (exact) mass is 478 g/mol. The van der Waals surface area contributed by atoms with Crippen molar-refractivity contribution in [3.05, 3.63) is 59.9 Å². The first-order valence-corrected chi connectivity index (χ1v) is 11.8. The van der Waals surface area contributed by atoms with Crippen LogP contribution in [-0.2, 0) is 0 Å². The summed E-state index contributed by atoms with van der Waals surface area (Å²) >= 11 is 0. The zero-order chi connectivity index (χ0) is 24.8. The van der Waals surface area contributed by atoms with Crippen LogP contribution in [0.15, 0.2) is 48.8 Å².